The van der Waals surface area contributed by atoms with Crippen molar-refractivity contribution in [2.75, 3.05) is 17.4 Å². The van der Waals surface area contributed by atoms with E-state index in [9.17, 15) is 18.0 Å². The molecule has 0 saturated heterocycles. The molecular weight excluding hydrogens is 605 g/mol. The molecule has 0 bridgehead atoms. The second-order valence-electron chi connectivity index (χ2n) is 9.91. The van der Waals surface area contributed by atoms with E-state index >= 15 is 0 Å². The summed E-state index contributed by atoms with van der Waals surface area (Å²) in [6.07, 6.45) is 0.926. The maximum Gasteiger partial charge on any atom is 0.264 e. The third-order valence-electron chi connectivity index (χ3n) is 6.83. The fourth-order valence-corrected chi connectivity index (χ4v) is 6.42. The monoisotopic (exact) mass is 637 g/mol. The summed E-state index contributed by atoms with van der Waals surface area (Å²) >= 11 is 12.8. The Bertz CT molecular complexity index is 1640. The highest BCUT2D eigenvalue weighted by Gasteiger charge is 2.34. The highest BCUT2D eigenvalue weighted by atomic mass is 35.5. The molecular formula is C33H33Cl2N3O4S. The lowest BCUT2D eigenvalue weighted by atomic mass is 10.0. The van der Waals surface area contributed by atoms with Crippen molar-refractivity contribution in [2.45, 2.75) is 37.2 Å². The number of nitrogens with one attached hydrogen (secondary N) is 1. The predicted molar refractivity (Wildman–Crippen MR) is 172 cm³/mol. The molecule has 0 aromatic heterocycles. The fraction of sp³-hybridized carbons (Fsp3) is 0.212. The van der Waals surface area contributed by atoms with Crippen LogP contribution in [-0.2, 0) is 32.6 Å². The van der Waals surface area contributed by atoms with Crippen LogP contribution in [0.4, 0.5) is 5.69 Å². The van der Waals surface area contributed by atoms with Crippen LogP contribution in [-0.4, -0.2) is 44.3 Å². The number of nitrogens with zero attached hydrogens (tertiary/aromatic N) is 2. The highest BCUT2D eigenvalue weighted by molar-refractivity contribution is 7.92. The summed E-state index contributed by atoms with van der Waals surface area (Å²) in [6, 6.07) is 29.7. The van der Waals surface area contributed by atoms with Crippen molar-refractivity contribution in [3.63, 3.8) is 0 Å². The largest absolute Gasteiger partial charge is 0.354 e. The Morgan fingerprint density at radius 1 is 0.837 bits per heavy atom. The van der Waals surface area contributed by atoms with E-state index in [4.69, 9.17) is 23.2 Å². The standard InChI is InChI=1S/C33H33Cl2N3O4S/c1-2-20-36-33(40)31(21-25-12-5-3-6-13-25)37(23-26-14-9-10-19-30(26)35)32(39)24-38(28-16-11-15-27(34)22-28)43(41,42)29-17-7-4-8-18-29/h3-19,22,31H,2,20-21,23-24H2,1H3,(H,36,40). The Hall–Kier alpha value is -3.85. The molecule has 2 amide bonds. The molecule has 0 aliphatic heterocycles. The van der Waals surface area contributed by atoms with Crippen molar-refractivity contribution in [1.29, 1.82) is 0 Å². The van der Waals surface area contributed by atoms with E-state index in [-0.39, 0.29) is 29.5 Å². The van der Waals surface area contributed by atoms with Crippen molar-refractivity contribution in [3.05, 3.63) is 130 Å². The zero-order valence-corrected chi connectivity index (χ0v) is 26.0. The van der Waals surface area contributed by atoms with Crippen LogP contribution in [0, 0.1) is 0 Å². The molecule has 4 aromatic rings. The van der Waals surface area contributed by atoms with Crippen LogP contribution in [0.1, 0.15) is 24.5 Å². The molecule has 0 aliphatic rings. The van der Waals surface area contributed by atoms with Gasteiger partial charge in [-0.15, -0.1) is 0 Å². The van der Waals surface area contributed by atoms with Crippen molar-refractivity contribution in [1.82, 2.24) is 10.2 Å². The van der Waals surface area contributed by atoms with E-state index in [1.165, 1.54) is 23.1 Å². The number of carbonyl (C=O) groups is 2. The molecule has 1 atom stereocenters. The van der Waals surface area contributed by atoms with Gasteiger partial charge in [-0.1, -0.05) is 103 Å². The lowest BCUT2D eigenvalue weighted by Crippen LogP contribution is -2.53. The number of rotatable bonds is 13. The number of benzene rings is 4. The molecule has 4 aromatic carbocycles. The average Bonchev–Trinajstić information content (AvgIpc) is 3.02. The van der Waals surface area contributed by atoms with Crippen molar-refractivity contribution in [2.24, 2.45) is 0 Å². The van der Waals surface area contributed by atoms with Gasteiger partial charge in [-0.3, -0.25) is 13.9 Å². The molecule has 0 radical (unpaired) electrons. The first-order chi connectivity index (χ1) is 20.7. The zero-order chi connectivity index (χ0) is 30.8. The fourth-order valence-electron chi connectivity index (χ4n) is 4.61. The summed E-state index contributed by atoms with van der Waals surface area (Å²) < 4.78 is 29.0. The van der Waals surface area contributed by atoms with Crippen LogP contribution < -0.4 is 9.62 Å². The van der Waals surface area contributed by atoms with Gasteiger partial charge >= 0.3 is 0 Å². The lowest BCUT2D eigenvalue weighted by Gasteiger charge is -2.34. The van der Waals surface area contributed by atoms with Gasteiger partial charge < -0.3 is 10.2 Å². The quantitative estimate of drug-likeness (QED) is 0.185. The third kappa shape index (κ3) is 8.38. The first-order valence-electron chi connectivity index (χ1n) is 13.9. The molecule has 1 unspecified atom stereocenters. The van der Waals surface area contributed by atoms with Gasteiger partial charge in [0.25, 0.3) is 10.0 Å². The molecule has 4 rings (SSSR count). The van der Waals surface area contributed by atoms with Gasteiger partial charge in [0, 0.05) is 29.6 Å². The van der Waals surface area contributed by atoms with Gasteiger partial charge in [-0.05, 0) is 53.9 Å². The van der Waals surface area contributed by atoms with E-state index in [1.807, 2.05) is 37.3 Å². The first-order valence-corrected chi connectivity index (χ1v) is 16.1. The molecule has 43 heavy (non-hydrogen) atoms. The van der Waals surface area contributed by atoms with Gasteiger partial charge in [0.05, 0.1) is 10.6 Å². The third-order valence-corrected chi connectivity index (χ3v) is 9.22. The average molecular weight is 639 g/mol. The number of sulfonamides is 1. The van der Waals surface area contributed by atoms with E-state index in [2.05, 4.69) is 5.32 Å². The van der Waals surface area contributed by atoms with Crippen LogP contribution in [0.15, 0.2) is 114 Å². The van der Waals surface area contributed by atoms with E-state index in [0.717, 1.165) is 9.87 Å². The molecule has 0 spiro atoms. The van der Waals surface area contributed by atoms with Gasteiger partial charge in [-0.2, -0.15) is 0 Å². The minimum atomic E-state index is -4.20. The Kier molecular flexibility index (Phi) is 11.2. The Balaban J connectivity index is 1.80. The summed E-state index contributed by atoms with van der Waals surface area (Å²) in [5, 5.41) is 3.66. The molecule has 10 heteroatoms. The van der Waals surface area contributed by atoms with Crippen molar-refractivity contribution >= 4 is 50.7 Å². The predicted octanol–water partition coefficient (Wildman–Crippen LogP) is 6.36. The van der Waals surface area contributed by atoms with Crippen LogP contribution in [0.25, 0.3) is 0 Å². The topological polar surface area (TPSA) is 86.8 Å². The second kappa shape index (κ2) is 15.0. The first kappa shape index (κ1) is 32.1. The minimum absolute atomic E-state index is 0.00960. The van der Waals surface area contributed by atoms with Crippen molar-refractivity contribution < 1.29 is 18.0 Å². The maximum absolute atomic E-state index is 14.4. The lowest BCUT2D eigenvalue weighted by molar-refractivity contribution is -0.140. The number of hydrogen-bond acceptors (Lipinski definition) is 4. The summed E-state index contributed by atoms with van der Waals surface area (Å²) in [6.45, 7) is 1.78. The Morgan fingerprint density at radius 3 is 2.14 bits per heavy atom. The zero-order valence-electron chi connectivity index (χ0n) is 23.7. The minimum Gasteiger partial charge on any atom is -0.354 e. The number of halogens is 2. The van der Waals surface area contributed by atoms with Gasteiger partial charge in [0.15, 0.2) is 0 Å². The molecule has 0 aliphatic carbocycles. The number of amides is 2. The Labute approximate surface area is 263 Å². The van der Waals surface area contributed by atoms with Gasteiger partial charge in [-0.25, -0.2) is 8.42 Å². The molecule has 0 saturated carbocycles. The number of anilines is 1. The highest BCUT2D eigenvalue weighted by Crippen LogP contribution is 2.27. The van der Waals surface area contributed by atoms with E-state index in [1.54, 1.807) is 60.7 Å². The van der Waals surface area contributed by atoms with E-state index < -0.39 is 28.5 Å². The summed E-state index contributed by atoms with van der Waals surface area (Å²) in [5.41, 5.74) is 1.69. The molecule has 1 N–H and O–H groups in total. The van der Waals surface area contributed by atoms with Crippen LogP contribution in [0.5, 0.6) is 0 Å². The van der Waals surface area contributed by atoms with Gasteiger partial charge in [0.1, 0.15) is 12.6 Å². The van der Waals surface area contributed by atoms with Crippen LogP contribution in [0.2, 0.25) is 10.0 Å². The Morgan fingerprint density at radius 2 is 1.49 bits per heavy atom. The molecule has 7 nitrogen and oxygen atoms in total. The van der Waals surface area contributed by atoms with Crippen molar-refractivity contribution in [3.8, 4) is 0 Å². The van der Waals surface area contributed by atoms with E-state index in [0.29, 0.717) is 28.6 Å². The maximum atomic E-state index is 14.4. The number of hydrogen-bond donors (Lipinski definition) is 1. The normalized spacial score (nSPS) is 11.9. The summed E-state index contributed by atoms with van der Waals surface area (Å²) in [4.78, 5) is 29.5. The summed E-state index contributed by atoms with van der Waals surface area (Å²) in [7, 11) is -4.20. The molecule has 0 heterocycles. The second-order valence-corrected chi connectivity index (χ2v) is 12.6. The smallest absolute Gasteiger partial charge is 0.264 e. The SMILES string of the molecule is CCCNC(=O)C(Cc1ccccc1)N(Cc1ccccc1Cl)C(=O)CN(c1cccc(Cl)c1)S(=O)(=O)c1ccccc1. The molecule has 224 valence electrons. The van der Waals surface area contributed by atoms with Crippen LogP contribution in [0.3, 0.4) is 0 Å². The number of carbonyl (C=O) groups excluding carboxylic acids is 2. The molecule has 0 fully saturated rings. The van der Waals surface area contributed by atoms with Gasteiger partial charge in [0.2, 0.25) is 11.8 Å². The summed E-state index contributed by atoms with van der Waals surface area (Å²) in [5.74, 6) is -0.918. The van der Waals surface area contributed by atoms with Crippen LogP contribution >= 0.6 is 23.2 Å².